The standard InChI is InChI=1S/C8H16NO/c1-2-5-9-6-3-8(10)4-7-9/h8H,2-7H2,1H3. The van der Waals surface area contributed by atoms with Gasteiger partial charge < -0.3 is 4.90 Å². The van der Waals surface area contributed by atoms with Crippen LogP contribution < -0.4 is 0 Å². The predicted molar refractivity (Wildman–Crippen MR) is 40.4 cm³/mol. The fourth-order valence-electron chi connectivity index (χ4n) is 1.45. The zero-order valence-corrected chi connectivity index (χ0v) is 6.68. The van der Waals surface area contributed by atoms with Gasteiger partial charge in [0, 0.05) is 13.1 Å². The predicted octanol–water partition coefficient (Wildman–Crippen LogP) is 1.29. The summed E-state index contributed by atoms with van der Waals surface area (Å²) < 4.78 is 0. The fraction of sp³-hybridized carbons (Fsp3) is 1.00. The summed E-state index contributed by atoms with van der Waals surface area (Å²) in [7, 11) is 0. The number of hydrogen-bond donors (Lipinski definition) is 0. The molecule has 0 bridgehead atoms. The van der Waals surface area contributed by atoms with Crippen LogP contribution in [0, 0.1) is 0 Å². The van der Waals surface area contributed by atoms with E-state index in [9.17, 15) is 5.11 Å². The van der Waals surface area contributed by atoms with Crippen LogP contribution in [0.5, 0.6) is 0 Å². The molecular weight excluding hydrogens is 126 g/mol. The van der Waals surface area contributed by atoms with Gasteiger partial charge in [-0.05, 0) is 25.8 Å². The molecule has 1 fully saturated rings. The molecule has 0 aromatic rings. The van der Waals surface area contributed by atoms with E-state index in [1.165, 1.54) is 13.0 Å². The van der Waals surface area contributed by atoms with Gasteiger partial charge in [-0.2, -0.15) is 0 Å². The smallest absolute Gasteiger partial charge is 0.0954 e. The van der Waals surface area contributed by atoms with Crippen molar-refractivity contribution in [3.05, 3.63) is 0 Å². The van der Waals surface area contributed by atoms with Crippen LogP contribution in [-0.2, 0) is 5.11 Å². The van der Waals surface area contributed by atoms with Gasteiger partial charge in [0.2, 0.25) is 0 Å². The Kier molecular flexibility index (Phi) is 3.16. The molecule has 0 saturated carbocycles. The van der Waals surface area contributed by atoms with Crippen LogP contribution >= 0.6 is 0 Å². The van der Waals surface area contributed by atoms with E-state index in [2.05, 4.69) is 11.8 Å². The number of piperidine rings is 1. The topological polar surface area (TPSA) is 23.1 Å². The first-order chi connectivity index (χ1) is 4.83. The first-order valence-corrected chi connectivity index (χ1v) is 4.21. The highest BCUT2D eigenvalue weighted by Crippen LogP contribution is 2.09. The van der Waals surface area contributed by atoms with E-state index in [0.717, 1.165) is 25.9 Å². The Morgan fingerprint density at radius 2 is 2.00 bits per heavy atom. The molecule has 0 aliphatic carbocycles. The van der Waals surface area contributed by atoms with E-state index in [-0.39, 0.29) is 6.10 Å². The number of nitrogens with zero attached hydrogens (tertiary/aromatic N) is 1. The lowest BCUT2D eigenvalue weighted by Crippen LogP contribution is -2.35. The average molecular weight is 142 g/mol. The molecule has 2 nitrogen and oxygen atoms in total. The van der Waals surface area contributed by atoms with Crippen LogP contribution in [0.1, 0.15) is 26.2 Å². The lowest BCUT2D eigenvalue weighted by molar-refractivity contribution is 0.0279. The summed E-state index contributed by atoms with van der Waals surface area (Å²) >= 11 is 0. The summed E-state index contributed by atoms with van der Waals surface area (Å²) in [4.78, 5) is 2.38. The molecule has 0 spiro atoms. The Morgan fingerprint density at radius 1 is 1.40 bits per heavy atom. The van der Waals surface area contributed by atoms with Gasteiger partial charge in [-0.25, -0.2) is 5.11 Å². The van der Waals surface area contributed by atoms with E-state index in [1.807, 2.05) is 0 Å². The molecule has 1 aliphatic rings. The van der Waals surface area contributed by atoms with Gasteiger partial charge in [0.1, 0.15) is 0 Å². The Morgan fingerprint density at radius 3 is 2.50 bits per heavy atom. The summed E-state index contributed by atoms with van der Waals surface area (Å²) in [6, 6.07) is 0. The Hall–Kier alpha value is -0.0800. The molecular formula is C8H16NO. The van der Waals surface area contributed by atoms with Gasteiger partial charge in [-0.15, -0.1) is 0 Å². The second kappa shape index (κ2) is 3.94. The van der Waals surface area contributed by atoms with E-state index >= 15 is 0 Å². The van der Waals surface area contributed by atoms with Gasteiger partial charge in [-0.3, -0.25) is 0 Å². The van der Waals surface area contributed by atoms with Crippen LogP contribution in [0.4, 0.5) is 0 Å². The quantitative estimate of drug-likeness (QED) is 0.569. The molecule has 0 unspecified atom stereocenters. The second-order valence-electron chi connectivity index (χ2n) is 3.04. The molecule has 0 aromatic heterocycles. The maximum Gasteiger partial charge on any atom is 0.0954 e. The lowest BCUT2D eigenvalue weighted by atomic mass is 10.1. The van der Waals surface area contributed by atoms with Crippen molar-refractivity contribution in [2.45, 2.75) is 32.3 Å². The Labute approximate surface area is 62.8 Å². The van der Waals surface area contributed by atoms with Gasteiger partial charge in [-0.1, -0.05) is 6.92 Å². The van der Waals surface area contributed by atoms with Crippen molar-refractivity contribution in [1.29, 1.82) is 0 Å². The molecule has 0 amide bonds. The maximum atomic E-state index is 10.9. The zero-order chi connectivity index (χ0) is 7.40. The SMILES string of the molecule is CCCN1CCC([O])CC1. The van der Waals surface area contributed by atoms with E-state index in [1.54, 1.807) is 0 Å². The summed E-state index contributed by atoms with van der Waals surface area (Å²) in [5.74, 6) is 0. The fourth-order valence-corrected chi connectivity index (χ4v) is 1.45. The third kappa shape index (κ3) is 2.27. The molecule has 1 aliphatic heterocycles. The molecule has 59 valence electrons. The van der Waals surface area contributed by atoms with Gasteiger partial charge in [0.15, 0.2) is 0 Å². The molecule has 0 N–H and O–H groups in total. The van der Waals surface area contributed by atoms with Crippen molar-refractivity contribution in [3.8, 4) is 0 Å². The molecule has 1 saturated heterocycles. The summed E-state index contributed by atoms with van der Waals surface area (Å²) in [5, 5.41) is 10.9. The summed E-state index contributed by atoms with van der Waals surface area (Å²) in [6.45, 7) is 5.42. The van der Waals surface area contributed by atoms with E-state index < -0.39 is 0 Å². The minimum absolute atomic E-state index is 0.270. The number of hydrogen-bond acceptors (Lipinski definition) is 1. The third-order valence-corrected chi connectivity index (χ3v) is 2.07. The first kappa shape index (κ1) is 8.02. The van der Waals surface area contributed by atoms with E-state index in [0.29, 0.717) is 0 Å². The van der Waals surface area contributed by atoms with Crippen molar-refractivity contribution in [1.82, 2.24) is 4.90 Å². The van der Waals surface area contributed by atoms with Crippen LogP contribution in [0.3, 0.4) is 0 Å². The largest absolute Gasteiger partial charge is 0.303 e. The van der Waals surface area contributed by atoms with Crippen LogP contribution in [0.2, 0.25) is 0 Å². The normalized spacial score (nSPS) is 23.4. The molecule has 1 radical (unpaired) electrons. The van der Waals surface area contributed by atoms with Crippen molar-refractivity contribution in [2.75, 3.05) is 19.6 Å². The Balaban J connectivity index is 2.13. The minimum Gasteiger partial charge on any atom is -0.303 e. The summed E-state index contributed by atoms with van der Waals surface area (Å²) in [6.07, 6.45) is 2.66. The number of likely N-dealkylation sites (tertiary alicyclic amines) is 1. The molecule has 10 heavy (non-hydrogen) atoms. The molecule has 1 rings (SSSR count). The van der Waals surface area contributed by atoms with Gasteiger partial charge in [0.05, 0.1) is 6.10 Å². The summed E-state index contributed by atoms with van der Waals surface area (Å²) in [5.41, 5.74) is 0. The molecule has 0 aromatic carbocycles. The van der Waals surface area contributed by atoms with Crippen molar-refractivity contribution in [2.24, 2.45) is 0 Å². The van der Waals surface area contributed by atoms with Gasteiger partial charge >= 0.3 is 0 Å². The average Bonchev–Trinajstić information content (AvgIpc) is 1.95. The molecule has 1 heterocycles. The second-order valence-corrected chi connectivity index (χ2v) is 3.04. The lowest BCUT2D eigenvalue weighted by Gasteiger charge is -2.27. The van der Waals surface area contributed by atoms with Crippen molar-refractivity contribution >= 4 is 0 Å². The van der Waals surface area contributed by atoms with Crippen LogP contribution in [0.25, 0.3) is 0 Å². The highest BCUT2D eigenvalue weighted by Gasteiger charge is 2.16. The third-order valence-electron chi connectivity index (χ3n) is 2.07. The maximum absolute atomic E-state index is 10.9. The highest BCUT2D eigenvalue weighted by atomic mass is 16.3. The van der Waals surface area contributed by atoms with Crippen molar-refractivity contribution < 1.29 is 5.11 Å². The number of rotatable bonds is 2. The molecule has 0 atom stereocenters. The first-order valence-electron chi connectivity index (χ1n) is 4.21. The van der Waals surface area contributed by atoms with E-state index in [4.69, 9.17) is 0 Å². The highest BCUT2D eigenvalue weighted by molar-refractivity contribution is 4.69. The van der Waals surface area contributed by atoms with Gasteiger partial charge in [0.25, 0.3) is 0 Å². The molecule has 2 heteroatoms. The van der Waals surface area contributed by atoms with Crippen LogP contribution in [0.15, 0.2) is 0 Å². The Bertz CT molecular complexity index is 87.3. The van der Waals surface area contributed by atoms with Crippen LogP contribution in [-0.4, -0.2) is 30.6 Å². The van der Waals surface area contributed by atoms with Crippen molar-refractivity contribution in [3.63, 3.8) is 0 Å². The minimum atomic E-state index is -0.270. The monoisotopic (exact) mass is 142 g/mol. The zero-order valence-electron chi connectivity index (χ0n) is 6.68.